The second-order valence-corrected chi connectivity index (χ2v) is 11.7. The van der Waals surface area contributed by atoms with Gasteiger partial charge < -0.3 is 19.0 Å². The van der Waals surface area contributed by atoms with E-state index >= 15 is 0 Å². The monoisotopic (exact) mass is 546 g/mol. The Kier molecular flexibility index (Phi) is 8.62. The normalized spacial score (nSPS) is 16.6. The fourth-order valence-electron chi connectivity index (χ4n) is 5.05. The van der Waals surface area contributed by atoms with Crippen molar-refractivity contribution < 1.29 is 23.8 Å². The number of benzene rings is 4. The number of hydrogen-bond acceptors (Lipinski definition) is 5. The lowest BCUT2D eigenvalue weighted by Gasteiger charge is -2.32. The number of carbonyl (C=O) groups is 1. The first-order chi connectivity index (χ1) is 19.6. The predicted octanol–water partition coefficient (Wildman–Crippen LogP) is 4.88. The maximum Gasteiger partial charge on any atom is 0.495 e. The summed E-state index contributed by atoms with van der Waals surface area (Å²) in [6, 6.07) is 32.7. The molecule has 0 spiro atoms. The van der Waals surface area contributed by atoms with Crippen LogP contribution in [0.5, 0.6) is 0 Å². The SMILES string of the molecule is CC1(C)OB(c2cc(Cc3ccccc3)ccc2C=O)OC1(C)C.OB1OCc2ccc(Cc3ccccc3)cc21. The molecule has 0 unspecified atom stereocenters. The maximum absolute atomic E-state index is 11.5. The molecule has 0 saturated carbocycles. The van der Waals surface area contributed by atoms with Crippen molar-refractivity contribution in [1.82, 2.24) is 0 Å². The Morgan fingerprint density at radius 2 is 1.22 bits per heavy atom. The summed E-state index contributed by atoms with van der Waals surface area (Å²) in [6.45, 7) is 8.58. The second kappa shape index (κ2) is 12.2. The van der Waals surface area contributed by atoms with Crippen molar-refractivity contribution in [2.75, 3.05) is 0 Å². The molecule has 1 N–H and O–H groups in total. The highest BCUT2D eigenvalue weighted by Crippen LogP contribution is 2.36. The Morgan fingerprint density at radius 1 is 0.707 bits per heavy atom. The van der Waals surface area contributed by atoms with E-state index in [1.165, 1.54) is 16.7 Å². The minimum atomic E-state index is -0.749. The molecule has 2 heterocycles. The molecule has 0 amide bonds. The smallest absolute Gasteiger partial charge is 0.423 e. The number of hydrogen-bond donors (Lipinski definition) is 1. The molecule has 6 rings (SSSR count). The molecule has 0 aliphatic carbocycles. The molecule has 0 aromatic heterocycles. The van der Waals surface area contributed by atoms with Crippen LogP contribution in [0.25, 0.3) is 0 Å². The lowest BCUT2D eigenvalue weighted by atomic mass is 9.75. The average Bonchev–Trinajstić information content (AvgIpc) is 3.44. The van der Waals surface area contributed by atoms with E-state index in [1.54, 1.807) is 0 Å². The number of carbonyl (C=O) groups excluding carboxylic acids is 1. The summed E-state index contributed by atoms with van der Waals surface area (Å²) in [5, 5.41) is 9.65. The third-order valence-electron chi connectivity index (χ3n) is 8.16. The van der Waals surface area contributed by atoms with E-state index in [-0.39, 0.29) is 0 Å². The van der Waals surface area contributed by atoms with Crippen molar-refractivity contribution in [3.05, 3.63) is 130 Å². The summed E-state index contributed by atoms with van der Waals surface area (Å²) in [6.07, 6.45) is 2.57. The zero-order valence-electron chi connectivity index (χ0n) is 24.2. The van der Waals surface area contributed by atoms with Gasteiger partial charge in [-0.25, -0.2) is 0 Å². The summed E-state index contributed by atoms with van der Waals surface area (Å²) < 4.78 is 17.4. The molecule has 4 aromatic carbocycles. The van der Waals surface area contributed by atoms with Gasteiger partial charge in [-0.3, -0.25) is 4.79 Å². The fraction of sp³-hybridized carbons (Fsp3) is 0.265. The molecule has 0 radical (unpaired) electrons. The molecule has 1 fully saturated rings. The fourth-order valence-corrected chi connectivity index (χ4v) is 5.05. The third kappa shape index (κ3) is 6.71. The molecule has 0 bridgehead atoms. The molecule has 1 saturated heterocycles. The summed E-state index contributed by atoms with van der Waals surface area (Å²) >= 11 is 0. The number of fused-ring (bicyclic) bond motifs is 1. The first kappa shape index (κ1) is 29.0. The Balaban J connectivity index is 0.000000174. The number of rotatable bonds is 6. The van der Waals surface area contributed by atoms with Gasteiger partial charge in [0.15, 0.2) is 0 Å². The first-order valence-electron chi connectivity index (χ1n) is 14.1. The van der Waals surface area contributed by atoms with Gasteiger partial charge in [0.25, 0.3) is 0 Å². The van der Waals surface area contributed by atoms with E-state index in [4.69, 9.17) is 14.0 Å². The Hall–Kier alpha value is -3.48. The van der Waals surface area contributed by atoms with Gasteiger partial charge in [-0.2, -0.15) is 0 Å². The Bertz CT molecular complexity index is 1470. The second-order valence-electron chi connectivity index (χ2n) is 11.7. The quantitative estimate of drug-likeness (QED) is 0.276. The van der Waals surface area contributed by atoms with Gasteiger partial charge in [0.05, 0.1) is 17.8 Å². The highest BCUT2D eigenvalue weighted by Gasteiger charge is 2.52. The summed E-state index contributed by atoms with van der Waals surface area (Å²) in [7, 11) is -1.27. The summed E-state index contributed by atoms with van der Waals surface area (Å²) in [4.78, 5) is 11.5. The Morgan fingerprint density at radius 3 is 1.76 bits per heavy atom. The topological polar surface area (TPSA) is 65.0 Å². The minimum absolute atomic E-state index is 0.423. The third-order valence-corrected chi connectivity index (χ3v) is 8.16. The van der Waals surface area contributed by atoms with Crippen LogP contribution in [0, 0.1) is 0 Å². The van der Waals surface area contributed by atoms with Crippen LogP contribution in [0.2, 0.25) is 0 Å². The van der Waals surface area contributed by atoms with Crippen molar-refractivity contribution in [1.29, 1.82) is 0 Å². The van der Waals surface area contributed by atoms with E-state index in [1.807, 2.05) is 94.4 Å². The lowest BCUT2D eigenvalue weighted by Crippen LogP contribution is -2.41. The zero-order valence-corrected chi connectivity index (χ0v) is 24.2. The minimum Gasteiger partial charge on any atom is -0.423 e. The van der Waals surface area contributed by atoms with Gasteiger partial charge in [-0.15, -0.1) is 0 Å². The van der Waals surface area contributed by atoms with Crippen LogP contribution in [0.3, 0.4) is 0 Å². The molecule has 41 heavy (non-hydrogen) atoms. The lowest BCUT2D eigenvalue weighted by molar-refractivity contribution is 0.00578. The van der Waals surface area contributed by atoms with Crippen LogP contribution in [0.4, 0.5) is 0 Å². The average molecular weight is 546 g/mol. The van der Waals surface area contributed by atoms with Crippen molar-refractivity contribution in [3.63, 3.8) is 0 Å². The van der Waals surface area contributed by atoms with E-state index in [0.29, 0.717) is 12.2 Å². The van der Waals surface area contributed by atoms with Crippen molar-refractivity contribution in [2.45, 2.75) is 58.3 Å². The van der Waals surface area contributed by atoms with Gasteiger partial charge in [-0.1, -0.05) is 97.1 Å². The van der Waals surface area contributed by atoms with Crippen molar-refractivity contribution in [3.8, 4) is 0 Å². The highest BCUT2D eigenvalue weighted by atomic mass is 16.7. The molecular weight excluding hydrogens is 510 g/mol. The van der Waals surface area contributed by atoms with E-state index < -0.39 is 25.4 Å². The van der Waals surface area contributed by atoms with Crippen LogP contribution in [-0.4, -0.2) is 36.7 Å². The van der Waals surface area contributed by atoms with Crippen molar-refractivity contribution >= 4 is 31.4 Å². The molecule has 0 atom stereocenters. The standard InChI is InChI=1S/C20H23BO3.C14H13BO2/c1-19(2)20(3,4)24-21(23-19)18-13-16(10-11-17(18)14-22)12-15-8-6-5-7-9-15;16-15-14-9-12(6-7-13(14)10-17-15)8-11-4-2-1-3-5-11/h5-11,13-14H,12H2,1-4H3;1-7,9,16H,8,10H2. The summed E-state index contributed by atoms with van der Waals surface area (Å²) in [5.74, 6) is 0. The molecule has 7 heteroatoms. The maximum atomic E-state index is 11.5. The van der Waals surface area contributed by atoms with Gasteiger partial charge in [0.1, 0.15) is 6.29 Å². The van der Waals surface area contributed by atoms with Crippen LogP contribution in [0.1, 0.15) is 65.9 Å². The van der Waals surface area contributed by atoms with E-state index in [2.05, 4.69) is 30.3 Å². The first-order valence-corrected chi connectivity index (χ1v) is 14.1. The molecule has 2 aliphatic heterocycles. The van der Waals surface area contributed by atoms with Crippen molar-refractivity contribution in [2.24, 2.45) is 0 Å². The highest BCUT2D eigenvalue weighted by molar-refractivity contribution is 6.63. The zero-order chi connectivity index (χ0) is 29.0. The van der Waals surface area contributed by atoms with Gasteiger partial charge >= 0.3 is 14.2 Å². The largest absolute Gasteiger partial charge is 0.495 e. The van der Waals surface area contributed by atoms with E-state index in [9.17, 15) is 9.82 Å². The van der Waals surface area contributed by atoms with Crippen LogP contribution < -0.4 is 10.9 Å². The van der Waals surface area contributed by atoms with Crippen LogP contribution in [-0.2, 0) is 33.4 Å². The number of aldehydes is 1. The van der Waals surface area contributed by atoms with E-state index in [0.717, 1.165) is 41.2 Å². The molecule has 208 valence electrons. The molecule has 2 aliphatic rings. The molecule has 5 nitrogen and oxygen atoms in total. The van der Waals surface area contributed by atoms with Crippen LogP contribution in [0.15, 0.2) is 97.1 Å². The molecule has 4 aromatic rings. The predicted molar refractivity (Wildman–Crippen MR) is 165 cm³/mol. The van der Waals surface area contributed by atoms with Gasteiger partial charge in [-0.05, 0) is 79.3 Å². The van der Waals surface area contributed by atoms with Gasteiger partial charge in [0, 0.05) is 5.56 Å². The molecular formula is C34H36B2O5. The van der Waals surface area contributed by atoms with Crippen LogP contribution >= 0.6 is 0 Å². The Labute approximate surface area is 243 Å². The van der Waals surface area contributed by atoms with Gasteiger partial charge in [0.2, 0.25) is 0 Å². The summed E-state index contributed by atoms with van der Waals surface area (Å²) in [5.41, 5.74) is 7.43.